The minimum absolute atomic E-state index is 0.193. The molecule has 0 saturated heterocycles. The Morgan fingerprint density at radius 2 is 2.07 bits per heavy atom. The number of benzene rings is 1. The van der Waals surface area contributed by atoms with Gasteiger partial charge >= 0.3 is 5.97 Å². The number of aryl methyl sites for hydroxylation is 1. The van der Waals surface area contributed by atoms with Crippen molar-refractivity contribution >= 4 is 5.97 Å². The second kappa shape index (κ2) is 6.67. The summed E-state index contributed by atoms with van der Waals surface area (Å²) in [5.74, 6) is 5.16. The van der Waals surface area contributed by atoms with Crippen LogP contribution in [0.15, 0.2) is 30.3 Å². The molecule has 0 bridgehead atoms. The van der Waals surface area contributed by atoms with Crippen LogP contribution >= 0.6 is 0 Å². The first-order valence-corrected chi connectivity index (χ1v) is 4.92. The van der Waals surface area contributed by atoms with Crippen molar-refractivity contribution in [2.45, 2.75) is 19.8 Å². The van der Waals surface area contributed by atoms with Gasteiger partial charge in [-0.1, -0.05) is 36.3 Å². The molecule has 0 N–H and O–H groups in total. The van der Waals surface area contributed by atoms with Crippen molar-refractivity contribution in [3.8, 4) is 11.8 Å². The Kier molecular flexibility index (Phi) is 5.03. The summed E-state index contributed by atoms with van der Waals surface area (Å²) >= 11 is 0. The predicted molar refractivity (Wildman–Crippen MR) is 59.2 cm³/mol. The molecule has 1 aromatic carbocycles. The van der Waals surface area contributed by atoms with Crippen molar-refractivity contribution in [3.63, 3.8) is 0 Å². The number of hydrogen-bond acceptors (Lipinski definition) is 2. The second-order valence-corrected chi connectivity index (χ2v) is 3.07. The number of esters is 1. The Morgan fingerprint density at radius 3 is 2.73 bits per heavy atom. The van der Waals surface area contributed by atoms with Crippen LogP contribution < -0.4 is 0 Å². The molecule has 2 nitrogen and oxygen atoms in total. The zero-order valence-electron chi connectivity index (χ0n) is 8.82. The van der Waals surface area contributed by atoms with E-state index in [4.69, 9.17) is 4.74 Å². The van der Waals surface area contributed by atoms with Crippen LogP contribution in [0.4, 0.5) is 0 Å². The van der Waals surface area contributed by atoms with Gasteiger partial charge in [-0.25, -0.2) is 0 Å². The summed E-state index contributed by atoms with van der Waals surface area (Å²) in [7, 11) is 0. The summed E-state index contributed by atoms with van der Waals surface area (Å²) in [6, 6.07) is 9.88. The molecule has 15 heavy (non-hydrogen) atoms. The molecule has 0 aliphatic heterocycles. The minimum Gasteiger partial charge on any atom is -0.452 e. The molecule has 1 aromatic rings. The Labute approximate surface area is 90.3 Å². The summed E-state index contributed by atoms with van der Waals surface area (Å²) in [6.07, 6.45) is 1.13. The monoisotopic (exact) mass is 202 g/mol. The summed E-state index contributed by atoms with van der Waals surface area (Å²) in [4.78, 5) is 11.2. The van der Waals surface area contributed by atoms with Crippen molar-refractivity contribution in [3.05, 3.63) is 35.9 Å². The van der Waals surface area contributed by atoms with E-state index in [1.54, 1.807) is 6.92 Å². The first-order chi connectivity index (χ1) is 7.33. The van der Waals surface area contributed by atoms with Crippen molar-refractivity contribution < 1.29 is 9.53 Å². The van der Waals surface area contributed by atoms with Crippen molar-refractivity contribution in [1.29, 1.82) is 0 Å². The van der Waals surface area contributed by atoms with E-state index < -0.39 is 0 Å². The Balaban J connectivity index is 2.24. The van der Waals surface area contributed by atoms with Gasteiger partial charge in [0, 0.05) is 6.42 Å². The normalized spacial score (nSPS) is 8.87. The van der Waals surface area contributed by atoms with Gasteiger partial charge in [-0.2, -0.15) is 0 Å². The highest BCUT2D eigenvalue weighted by Crippen LogP contribution is 2.02. The van der Waals surface area contributed by atoms with Crippen LogP contribution in [0.1, 0.15) is 18.9 Å². The lowest BCUT2D eigenvalue weighted by atomic mass is 10.1. The van der Waals surface area contributed by atoms with E-state index >= 15 is 0 Å². The highest BCUT2D eigenvalue weighted by molar-refractivity contribution is 5.69. The molecule has 0 atom stereocenters. The lowest BCUT2D eigenvalue weighted by Crippen LogP contribution is -2.05. The van der Waals surface area contributed by atoms with E-state index in [-0.39, 0.29) is 12.6 Å². The largest absolute Gasteiger partial charge is 0.452 e. The van der Waals surface area contributed by atoms with Gasteiger partial charge in [0.25, 0.3) is 0 Å². The quantitative estimate of drug-likeness (QED) is 0.552. The topological polar surface area (TPSA) is 26.3 Å². The molecule has 1 rings (SSSR count). The van der Waals surface area contributed by atoms with Gasteiger partial charge in [-0.05, 0) is 18.9 Å². The number of ether oxygens (including phenoxy) is 1. The first-order valence-electron chi connectivity index (χ1n) is 4.92. The molecule has 0 aromatic heterocycles. The highest BCUT2D eigenvalue weighted by atomic mass is 16.5. The van der Waals surface area contributed by atoms with Gasteiger partial charge in [-0.3, -0.25) is 4.79 Å². The SMILES string of the molecule is CC#CCOC(=O)CCc1ccccc1. The van der Waals surface area contributed by atoms with Gasteiger partial charge < -0.3 is 4.74 Å². The number of hydrogen-bond donors (Lipinski definition) is 0. The molecule has 2 heteroatoms. The fourth-order valence-corrected chi connectivity index (χ4v) is 1.15. The number of rotatable bonds is 4. The average Bonchev–Trinajstić information content (AvgIpc) is 2.28. The molecule has 78 valence electrons. The fourth-order valence-electron chi connectivity index (χ4n) is 1.15. The van der Waals surface area contributed by atoms with Gasteiger partial charge in [0.2, 0.25) is 0 Å². The number of carbonyl (C=O) groups is 1. The Hall–Kier alpha value is -1.75. The molecule has 0 aliphatic rings. The molecule has 0 fully saturated rings. The van der Waals surface area contributed by atoms with Crippen LogP contribution in [0.2, 0.25) is 0 Å². The van der Waals surface area contributed by atoms with E-state index in [0.29, 0.717) is 6.42 Å². The molecular formula is C13H14O2. The standard InChI is InChI=1S/C13H14O2/c1-2-3-11-15-13(14)10-9-12-7-5-4-6-8-12/h4-8H,9-11H2,1H3. The third kappa shape index (κ3) is 4.87. The molecule has 0 aliphatic carbocycles. The first kappa shape index (κ1) is 11.3. The van der Waals surface area contributed by atoms with Crippen molar-refractivity contribution in [2.75, 3.05) is 6.61 Å². The second-order valence-electron chi connectivity index (χ2n) is 3.07. The van der Waals surface area contributed by atoms with Gasteiger partial charge in [-0.15, -0.1) is 5.92 Å². The zero-order chi connectivity index (χ0) is 10.9. The van der Waals surface area contributed by atoms with E-state index in [9.17, 15) is 4.79 Å². The third-order valence-corrected chi connectivity index (χ3v) is 1.94. The third-order valence-electron chi connectivity index (χ3n) is 1.94. The van der Waals surface area contributed by atoms with E-state index in [1.165, 1.54) is 0 Å². The van der Waals surface area contributed by atoms with Crippen LogP contribution in [-0.2, 0) is 16.0 Å². The summed E-state index contributed by atoms with van der Waals surface area (Å²) < 4.78 is 4.89. The lowest BCUT2D eigenvalue weighted by molar-refractivity contribution is -0.142. The van der Waals surface area contributed by atoms with Crippen LogP contribution in [0.3, 0.4) is 0 Å². The Morgan fingerprint density at radius 1 is 1.33 bits per heavy atom. The molecule has 0 saturated carbocycles. The lowest BCUT2D eigenvalue weighted by Gasteiger charge is -2.01. The number of carbonyl (C=O) groups excluding carboxylic acids is 1. The maximum absolute atomic E-state index is 11.2. The zero-order valence-corrected chi connectivity index (χ0v) is 8.82. The predicted octanol–water partition coefficient (Wildman–Crippen LogP) is 2.19. The summed E-state index contributed by atoms with van der Waals surface area (Å²) in [5.41, 5.74) is 1.15. The van der Waals surface area contributed by atoms with E-state index in [1.807, 2.05) is 30.3 Å². The summed E-state index contributed by atoms with van der Waals surface area (Å²) in [5, 5.41) is 0. The Bertz CT molecular complexity index is 357. The molecular weight excluding hydrogens is 188 g/mol. The highest BCUT2D eigenvalue weighted by Gasteiger charge is 2.01. The van der Waals surface area contributed by atoms with Gasteiger partial charge in [0.05, 0.1) is 0 Å². The maximum atomic E-state index is 11.2. The van der Waals surface area contributed by atoms with E-state index in [2.05, 4.69) is 11.8 Å². The van der Waals surface area contributed by atoms with E-state index in [0.717, 1.165) is 12.0 Å². The maximum Gasteiger partial charge on any atom is 0.307 e. The molecule has 0 radical (unpaired) electrons. The van der Waals surface area contributed by atoms with Crippen LogP contribution in [0.5, 0.6) is 0 Å². The molecule has 0 spiro atoms. The molecule has 0 heterocycles. The van der Waals surface area contributed by atoms with Crippen LogP contribution in [0.25, 0.3) is 0 Å². The molecule has 0 unspecified atom stereocenters. The average molecular weight is 202 g/mol. The van der Waals surface area contributed by atoms with Gasteiger partial charge in [0.1, 0.15) is 0 Å². The molecule has 0 amide bonds. The van der Waals surface area contributed by atoms with Crippen LogP contribution in [0, 0.1) is 11.8 Å². The van der Waals surface area contributed by atoms with Gasteiger partial charge in [0.15, 0.2) is 6.61 Å². The van der Waals surface area contributed by atoms with Crippen molar-refractivity contribution in [2.24, 2.45) is 0 Å². The minimum atomic E-state index is -0.193. The summed E-state index contributed by atoms with van der Waals surface area (Å²) in [6.45, 7) is 1.92. The fraction of sp³-hybridized carbons (Fsp3) is 0.308. The van der Waals surface area contributed by atoms with Crippen LogP contribution in [-0.4, -0.2) is 12.6 Å². The van der Waals surface area contributed by atoms with Crippen molar-refractivity contribution in [1.82, 2.24) is 0 Å². The smallest absolute Gasteiger partial charge is 0.307 e.